The molecule has 0 aliphatic rings. The maximum absolute atomic E-state index is 11.9. The van der Waals surface area contributed by atoms with Gasteiger partial charge in [-0.15, -0.1) is 0 Å². The normalized spacial score (nSPS) is 12.2. The standard InChI is InChI=1S/C13H20N2O3/c1-17-8-7-10-5-3-4-6-11(10)15-13(16)12(9-14)18-2/h3-6,12H,7-9,14H2,1-2H3,(H,15,16). The minimum atomic E-state index is -0.625. The van der Waals surface area contributed by atoms with Crippen LogP contribution in [0, 0.1) is 0 Å². The zero-order chi connectivity index (χ0) is 13.4. The maximum Gasteiger partial charge on any atom is 0.254 e. The molecule has 1 rings (SSSR count). The molecule has 18 heavy (non-hydrogen) atoms. The third kappa shape index (κ3) is 4.10. The second kappa shape index (κ2) is 7.81. The molecule has 1 atom stereocenters. The number of nitrogens with two attached hydrogens (primary N) is 1. The third-order valence-electron chi connectivity index (χ3n) is 2.64. The topological polar surface area (TPSA) is 73.6 Å². The van der Waals surface area contributed by atoms with Gasteiger partial charge in [-0.05, 0) is 18.1 Å². The van der Waals surface area contributed by atoms with Gasteiger partial charge in [-0.25, -0.2) is 0 Å². The molecule has 0 fully saturated rings. The van der Waals surface area contributed by atoms with Crippen LogP contribution >= 0.6 is 0 Å². The first-order chi connectivity index (χ1) is 8.72. The first-order valence-corrected chi connectivity index (χ1v) is 5.83. The number of para-hydroxylation sites is 1. The molecule has 0 bridgehead atoms. The number of hydrogen-bond donors (Lipinski definition) is 2. The van der Waals surface area contributed by atoms with Crippen molar-refractivity contribution in [2.75, 3.05) is 32.7 Å². The Morgan fingerprint density at radius 3 is 2.72 bits per heavy atom. The number of anilines is 1. The van der Waals surface area contributed by atoms with Crippen molar-refractivity contribution in [2.24, 2.45) is 5.73 Å². The van der Waals surface area contributed by atoms with Crippen LogP contribution in [-0.4, -0.2) is 39.4 Å². The highest BCUT2D eigenvalue weighted by atomic mass is 16.5. The van der Waals surface area contributed by atoms with Gasteiger partial charge in [0.25, 0.3) is 5.91 Å². The lowest BCUT2D eigenvalue weighted by Gasteiger charge is -2.15. The van der Waals surface area contributed by atoms with Crippen molar-refractivity contribution in [1.29, 1.82) is 0 Å². The number of ether oxygens (including phenoxy) is 2. The van der Waals surface area contributed by atoms with Crippen LogP contribution in [0.4, 0.5) is 5.69 Å². The summed E-state index contributed by atoms with van der Waals surface area (Å²) in [7, 11) is 3.12. The minimum absolute atomic E-state index is 0.155. The van der Waals surface area contributed by atoms with Crippen molar-refractivity contribution < 1.29 is 14.3 Å². The monoisotopic (exact) mass is 252 g/mol. The summed E-state index contributed by atoms with van der Waals surface area (Å²) in [6.45, 7) is 0.764. The van der Waals surface area contributed by atoms with Gasteiger partial charge in [0.2, 0.25) is 0 Å². The smallest absolute Gasteiger partial charge is 0.254 e. The highest BCUT2D eigenvalue weighted by molar-refractivity contribution is 5.95. The fourth-order valence-corrected chi connectivity index (χ4v) is 1.60. The molecule has 1 aromatic carbocycles. The van der Waals surface area contributed by atoms with Crippen LogP contribution in [-0.2, 0) is 20.7 Å². The first-order valence-electron chi connectivity index (χ1n) is 5.83. The van der Waals surface area contributed by atoms with Crippen molar-refractivity contribution in [3.05, 3.63) is 29.8 Å². The Labute approximate surface area is 107 Å². The van der Waals surface area contributed by atoms with Gasteiger partial charge in [-0.1, -0.05) is 18.2 Å². The summed E-state index contributed by atoms with van der Waals surface area (Å²) < 4.78 is 10.0. The predicted molar refractivity (Wildman–Crippen MR) is 70.5 cm³/mol. The molecular weight excluding hydrogens is 232 g/mol. The zero-order valence-electron chi connectivity index (χ0n) is 10.8. The van der Waals surface area contributed by atoms with E-state index in [1.165, 1.54) is 7.11 Å². The SMILES string of the molecule is COCCc1ccccc1NC(=O)C(CN)OC. The number of rotatable bonds is 7. The number of carbonyl (C=O) groups excluding carboxylic acids is 1. The van der Waals surface area contributed by atoms with Gasteiger partial charge in [0.1, 0.15) is 6.10 Å². The van der Waals surface area contributed by atoms with Crippen molar-refractivity contribution in [3.8, 4) is 0 Å². The van der Waals surface area contributed by atoms with Crippen LogP contribution < -0.4 is 11.1 Å². The molecular formula is C13H20N2O3. The molecule has 100 valence electrons. The summed E-state index contributed by atoms with van der Waals surface area (Å²) in [6.07, 6.45) is 0.119. The molecule has 0 aliphatic carbocycles. The van der Waals surface area contributed by atoms with Gasteiger partial charge in [0, 0.05) is 26.5 Å². The van der Waals surface area contributed by atoms with Crippen LogP contribution in [0.25, 0.3) is 0 Å². The molecule has 1 unspecified atom stereocenters. The van der Waals surface area contributed by atoms with E-state index in [-0.39, 0.29) is 12.5 Å². The summed E-state index contributed by atoms with van der Waals surface area (Å²) in [6, 6.07) is 7.61. The molecule has 0 spiro atoms. The van der Waals surface area contributed by atoms with Crippen LogP contribution in [0.2, 0.25) is 0 Å². The van der Waals surface area contributed by atoms with E-state index in [1.807, 2.05) is 24.3 Å². The molecule has 0 heterocycles. The number of hydrogen-bond acceptors (Lipinski definition) is 4. The van der Waals surface area contributed by atoms with Crippen molar-refractivity contribution >= 4 is 11.6 Å². The Morgan fingerprint density at radius 2 is 2.11 bits per heavy atom. The summed E-state index contributed by atoms with van der Waals surface area (Å²) >= 11 is 0. The van der Waals surface area contributed by atoms with Crippen molar-refractivity contribution in [3.63, 3.8) is 0 Å². The average Bonchev–Trinajstić information content (AvgIpc) is 2.39. The molecule has 0 radical (unpaired) electrons. The second-order valence-electron chi connectivity index (χ2n) is 3.85. The van der Waals surface area contributed by atoms with Crippen molar-refractivity contribution in [1.82, 2.24) is 0 Å². The number of amides is 1. The Kier molecular flexibility index (Phi) is 6.35. The lowest BCUT2D eigenvalue weighted by atomic mass is 10.1. The summed E-state index contributed by atoms with van der Waals surface area (Å²) in [5, 5.41) is 2.82. The van der Waals surface area contributed by atoms with E-state index in [0.717, 1.165) is 17.7 Å². The fraction of sp³-hybridized carbons (Fsp3) is 0.462. The van der Waals surface area contributed by atoms with E-state index >= 15 is 0 Å². The minimum Gasteiger partial charge on any atom is -0.384 e. The van der Waals surface area contributed by atoms with Gasteiger partial charge in [-0.2, -0.15) is 0 Å². The maximum atomic E-state index is 11.9. The van der Waals surface area contributed by atoms with Crippen LogP contribution in [0.15, 0.2) is 24.3 Å². The average molecular weight is 252 g/mol. The molecule has 5 nitrogen and oxygen atoms in total. The fourth-order valence-electron chi connectivity index (χ4n) is 1.60. The summed E-state index contributed by atoms with van der Waals surface area (Å²) in [5.74, 6) is -0.232. The molecule has 5 heteroatoms. The lowest BCUT2D eigenvalue weighted by Crippen LogP contribution is -2.36. The number of methoxy groups -OCH3 is 2. The molecule has 1 aromatic rings. The van der Waals surface area contributed by atoms with Crippen LogP contribution in [0.5, 0.6) is 0 Å². The van der Waals surface area contributed by atoms with Crippen LogP contribution in [0.1, 0.15) is 5.56 Å². The molecule has 1 amide bonds. The highest BCUT2D eigenvalue weighted by Crippen LogP contribution is 2.16. The first kappa shape index (κ1) is 14.6. The van der Waals surface area contributed by atoms with Gasteiger partial charge in [0.15, 0.2) is 0 Å². The molecule has 0 saturated carbocycles. The largest absolute Gasteiger partial charge is 0.384 e. The van der Waals surface area contributed by atoms with E-state index in [0.29, 0.717) is 6.61 Å². The van der Waals surface area contributed by atoms with E-state index in [4.69, 9.17) is 15.2 Å². The van der Waals surface area contributed by atoms with Crippen LogP contribution in [0.3, 0.4) is 0 Å². The van der Waals surface area contributed by atoms with Gasteiger partial charge >= 0.3 is 0 Å². The van der Waals surface area contributed by atoms with E-state index < -0.39 is 6.10 Å². The quantitative estimate of drug-likeness (QED) is 0.752. The number of nitrogens with one attached hydrogen (secondary N) is 1. The van der Waals surface area contributed by atoms with Gasteiger partial charge in [-0.3, -0.25) is 4.79 Å². The van der Waals surface area contributed by atoms with E-state index in [1.54, 1.807) is 7.11 Å². The molecule has 0 aliphatic heterocycles. The Balaban J connectivity index is 2.73. The van der Waals surface area contributed by atoms with Gasteiger partial charge < -0.3 is 20.5 Å². The molecule has 0 aromatic heterocycles. The Hall–Kier alpha value is -1.43. The van der Waals surface area contributed by atoms with Crippen molar-refractivity contribution in [2.45, 2.75) is 12.5 Å². The van der Waals surface area contributed by atoms with Gasteiger partial charge in [0.05, 0.1) is 6.61 Å². The van der Waals surface area contributed by atoms with E-state index in [2.05, 4.69) is 5.32 Å². The lowest BCUT2D eigenvalue weighted by molar-refractivity contribution is -0.125. The summed E-state index contributed by atoms with van der Waals surface area (Å²) in [4.78, 5) is 11.9. The Bertz CT molecular complexity index is 378. The third-order valence-corrected chi connectivity index (χ3v) is 2.64. The number of benzene rings is 1. The predicted octanol–water partition coefficient (Wildman–Crippen LogP) is 0.788. The molecule has 3 N–H and O–H groups in total. The zero-order valence-corrected chi connectivity index (χ0v) is 10.8. The molecule has 0 saturated heterocycles. The van der Waals surface area contributed by atoms with E-state index in [9.17, 15) is 4.79 Å². The highest BCUT2D eigenvalue weighted by Gasteiger charge is 2.16. The Morgan fingerprint density at radius 1 is 1.39 bits per heavy atom. The second-order valence-corrected chi connectivity index (χ2v) is 3.85. The summed E-state index contributed by atoms with van der Waals surface area (Å²) in [5.41, 5.74) is 7.25. The number of carbonyl (C=O) groups is 1.